The number of hydrogen-bond donors (Lipinski definition) is 2. The van der Waals surface area contributed by atoms with E-state index < -0.39 is 23.4 Å². The van der Waals surface area contributed by atoms with Crippen molar-refractivity contribution < 1.29 is 19.8 Å². The van der Waals surface area contributed by atoms with Crippen LogP contribution in [-0.2, 0) is 16.1 Å². The van der Waals surface area contributed by atoms with Crippen LogP contribution >= 0.6 is 0 Å². The van der Waals surface area contributed by atoms with E-state index in [1.165, 1.54) is 0 Å². The molecule has 0 fully saturated rings. The molecule has 22 heavy (non-hydrogen) atoms. The summed E-state index contributed by atoms with van der Waals surface area (Å²) in [6, 6.07) is 8.98. The topological polar surface area (TPSA) is 77.8 Å². The standard InChI is InChI=1S/C17H25NO4/c1-5-12(2)14(15(19)17(3,22)16(20)21)18(4)11-13-9-7-6-8-10-13/h6-10,12,14,22H,5,11H2,1-4H3,(H,20,21)/t12-,14-,17-/m0/s1. The largest absolute Gasteiger partial charge is 0.479 e. The summed E-state index contributed by atoms with van der Waals surface area (Å²) in [5, 5.41) is 19.1. The molecule has 1 rings (SSSR count). The summed E-state index contributed by atoms with van der Waals surface area (Å²) in [5.41, 5.74) is -1.35. The van der Waals surface area contributed by atoms with Gasteiger partial charge in [0.15, 0.2) is 5.78 Å². The summed E-state index contributed by atoms with van der Waals surface area (Å²) in [4.78, 5) is 25.5. The summed E-state index contributed by atoms with van der Waals surface area (Å²) in [5.74, 6) is -2.25. The van der Waals surface area contributed by atoms with Crippen molar-refractivity contribution >= 4 is 11.8 Å². The van der Waals surface area contributed by atoms with E-state index in [4.69, 9.17) is 5.11 Å². The van der Waals surface area contributed by atoms with Crippen LogP contribution in [0.4, 0.5) is 0 Å². The van der Waals surface area contributed by atoms with E-state index in [0.29, 0.717) is 13.0 Å². The molecule has 0 spiro atoms. The van der Waals surface area contributed by atoms with Gasteiger partial charge in [-0.3, -0.25) is 9.69 Å². The van der Waals surface area contributed by atoms with Crippen molar-refractivity contribution in [1.82, 2.24) is 4.90 Å². The number of likely N-dealkylation sites (N-methyl/N-ethyl adjacent to an activating group) is 1. The Bertz CT molecular complexity index is 513. The van der Waals surface area contributed by atoms with Gasteiger partial charge < -0.3 is 10.2 Å². The molecule has 3 atom stereocenters. The van der Waals surface area contributed by atoms with Crippen molar-refractivity contribution in [3.63, 3.8) is 0 Å². The van der Waals surface area contributed by atoms with Crippen molar-refractivity contribution in [3.8, 4) is 0 Å². The number of aliphatic hydroxyl groups is 1. The zero-order valence-corrected chi connectivity index (χ0v) is 13.6. The number of hydrogen-bond acceptors (Lipinski definition) is 4. The Morgan fingerprint density at radius 1 is 1.27 bits per heavy atom. The minimum absolute atomic E-state index is 0.0629. The Morgan fingerprint density at radius 2 is 1.82 bits per heavy atom. The summed E-state index contributed by atoms with van der Waals surface area (Å²) in [6.45, 7) is 5.39. The maximum absolute atomic E-state index is 12.6. The number of Topliss-reactive ketones (excluding diaryl/α,β-unsaturated/α-hetero) is 1. The SMILES string of the molecule is CC[C@H](C)[C@@H](C(=O)[C@](C)(O)C(=O)O)N(C)Cc1ccccc1. The molecular formula is C17H25NO4. The molecule has 0 saturated carbocycles. The average molecular weight is 307 g/mol. The Kier molecular flexibility index (Phi) is 6.26. The minimum atomic E-state index is -2.38. The van der Waals surface area contributed by atoms with E-state index in [2.05, 4.69) is 0 Å². The van der Waals surface area contributed by atoms with Crippen molar-refractivity contribution in [2.45, 2.75) is 45.4 Å². The van der Waals surface area contributed by atoms with E-state index in [1.54, 1.807) is 7.05 Å². The third-order valence-corrected chi connectivity index (χ3v) is 4.10. The Hall–Kier alpha value is -1.72. The van der Waals surface area contributed by atoms with Crippen molar-refractivity contribution in [2.75, 3.05) is 7.05 Å². The van der Waals surface area contributed by atoms with Crippen LogP contribution in [0.25, 0.3) is 0 Å². The normalized spacial score (nSPS) is 16.8. The summed E-state index contributed by atoms with van der Waals surface area (Å²) < 4.78 is 0. The van der Waals surface area contributed by atoms with Crippen LogP contribution in [0.2, 0.25) is 0 Å². The van der Waals surface area contributed by atoms with Crippen LogP contribution in [0.15, 0.2) is 30.3 Å². The molecule has 0 unspecified atom stereocenters. The lowest BCUT2D eigenvalue weighted by Crippen LogP contribution is -2.55. The molecule has 0 aliphatic carbocycles. The number of ketones is 1. The predicted molar refractivity (Wildman–Crippen MR) is 84.4 cm³/mol. The fraction of sp³-hybridized carbons (Fsp3) is 0.529. The van der Waals surface area contributed by atoms with Crippen molar-refractivity contribution in [1.29, 1.82) is 0 Å². The third kappa shape index (κ3) is 4.15. The minimum Gasteiger partial charge on any atom is -0.479 e. The van der Waals surface area contributed by atoms with Gasteiger partial charge in [0, 0.05) is 6.54 Å². The van der Waals surface area contributed by atoms with Crippen LogP contribution in [0.1, 0.15) is 32.8 Å². The summed E-state index contributed by atoms with van der Waals surface area (Å²) in [6.07, 6.45) is 0.714. The molecule has 0 aliphatic heterocycles. The quantitative estimate of drug-likeness (QED) is 0.718. The zero-order valence-electron chi connectivity index (χ0n) is 13.6. The Labute approximate surface area is 131 Å². The molecule has 1 aromatic carbocycles. The Balaban J connectivity index is 3.02. The second-order valence-electron chi connectivity index (χ2n) is 5.97. The van der Waals surface area contributed by atoms with Gasteiger partial charge >= 0.3 is 5.97 Å². The van der Waals surface area contributed by atoms with Crippen LogP contribution in [0.5, 0.6) is 0 Å². The molecule has 122 valence electrons. The van der Waals surface area contributed by atoms with E-state index in [1.807, 2.05) is 49.1 Å². The van der Waals surface area contributed by atoms with Gasteiger partial charge in [0.05, 0.1) is 6.04 Å². The lowest BCUT2D eigenvalue weighted by molar-refractivity contribution is -0.166. The highest BCUT2D eigenvalue weighted by atomic mass is 16.4. The molecule has 0 amide bonds. The molecule has 1 aromatic rings. The van der Waals surface area contributed by atoms with Gasteiger partial charge in [-0.15, -0.1) is 0 Å². The first-order valence-electron chi connectivity index (χ1n) is 7.46. The highest BCUT2D eigenvalue weighted by molar-refractivity contribution is 6.08. The maximum atomic E-state index is 12.6. The molecule has 0 aromatic heterocycles. The second kappa shape index (κ2) is 7.51. The summed E-state index contributed by atoms with van der Waals surface area (Å²) in [7, 11) is 1.78. The van der Waals surface area contributed by atoms with E-state index >= 15 is 0 Å². The lowest BCUT2D eigenvalue weighted by Gasteiger charge is -2.34. The highest BCUT2D eigenvalue weighted by Gasteiger charge is 2.45. The molecule has 2 N–H and O–H groups in total. The molecule has 0 bridgehead atoms. The first-order chi connectivity index (χ1) is 10.2. The zero-order chi connectivity index (χ0) is 16.9. The van der Waals surface area contributed by atoms with E-state index in [9.17, 15) is 14.7 Å². The molecule has 5 heteroatoms. The fourth-order valence-corrected chi connectivity index (χ4v) is 2.48. The van der Waals surface area contributed by atoms with Gasteiger partial charge in [0.1, 0.15) is 0 Å². The number of nitrogens with zero attached hydrogens (tertiary/aromatic N) is 1. The number of rotatable bonds is 8. The van der Waals surface area contributed by atoms with Gasteiger partial charge in [-0.1, -0.05) is 50.6 Å². The second-order valence-corrected chi connectivity index (χ2v) is 5.97. The fourth-order valence-electron chi connectivity index (χ4n) is 2.48. The van der Waals surface area contributed by atoms with Crippen molar-refractivity contribution in [2.24, 2.45) is 5.92 Å². The van der Waals surface area contributed by atoms with Gasteiger partial charge in [-0.05, 0) is 25.5 Å². The lowest BCUT2D eigenvalue weighted by atomic mass is 9.85. The number of carboxylic acid groups (broad SMARTS) is 1. The van der Waals surface area contributed by atoms with E-state index in [0.717, 1.165) is 12.5 Å². The summed E-state index contributed by atoms with van der Waals surface area (Å²) >= 11 is 0. The van der Waals surface area contributed by atoms with Crippen LogP contribution in [-0.4, -0.2) is 45.6 Å². The highest BCUT2D eigenvalue weighted by Crippen LogP contribution is 2.22. The number of benzene rings is 1. The third-order valence-electron chi connectivity index (χ3n) is 4.10. The molecule has 5 nitrogen and oxygen atoms in total. The number of carbonyl (C=O) groups is 2. The van der Waals surface area contributed by atoms with Gasteiger partial charge in [0.25, 0.3) is 0 Å². The van der Waals surface area contributed by atoms with Gasteiger partial charge in [-0.25, -0.2) is 4.79 Å². The molecule has 0 heterocycles. The molecule has 0 radical (unpaired) electrons. The monoisotopic (exact) mass is 307 g/mol. The van der Waals surface area contributed by atoms with E-state index in [-0.39, 0.29) is 5.92 Å². The molecule has 0 saturated heterocycles. The molecular weight excluding hydrogens is 282 g/mol. The predicted octanol–water partition coefficient (Wildman–Crippen LogP) is 1.94. The Morgan fingerprint density at radius 3 is 2.27 bits per heavy atom. The number of carboxylic acids is 1. The smallest absolute Gasteiger partial charge is 0.343 e. The first kappa shape index (κ1) is 18.3. The van der Waals surface area contributed by atoms with Gasteiger partial charge in [0.2, 0.25) is 5.60 Å². The van der Waals surface area contributed by atoms with Crippen LogP contribution < -0.4 is 0 Å². The number of carbonyl (C=O) groups excluding carboxylic acids is 1. The number of aliphatic carboxylic acids is 1. The average Bonchev–Trinajstić information content (AvgIpc) is 2.47. The maximum Gasteiger partial charge on any atom is 0.343 e. The van der Waals surface area contributed by atoms with Gasteiger partial charge in [-0.2, -0.15) is 0 Å². The first-order valence-corrected chi connectivity index (χ1v) is 7.46. The van der Waals surface area contributed by atoms with Crippen LogP contribution in [0, 0.1) is 5.92 Å². The molecule has 0 aliphatic rings. The van der Waals surface area contributed by atoms with Crippen LogP contribution in [0.3, 0.4) is 0 Å². The van der Waals surface area contributed by atoms with Crippen molar-refractivity contribution in [3.05, 3.63) is 35.9 Å².